The molecule has 3 N–H and O–H groups in total. The van der Waals surface area contributed by atoms with Crippen LogP contribution in [0.5, 0.6) is 0 Å². The largest absolute Gasteiger partial charge is 0.634 e. The molecule has 0 bridgehead atoms. The number of amides is 1. The normalized spacial score (nSPS) is 25.9. The first kappa shape index (κ1) is 6.25. The zero-order valence-electron chi connectivity index (χ0n) is 4.89. The number of nitrogens with two attached hydrogens (primary N) is 1. The van der Waals surface area contributed by atoms with Gasteiger partial charge in [0, 0.05) is 0 Å². The second-order valence-electron chi connectivity index (χ2n) is 2.01. The highest BCUT2D eigenvalue weighted by atomic mass is 16.5. The molecule has 1 amide bonds. The third-order valence-electron chi connectivity index (χ3n) is 1.28. The lowest BCUT2D eigenvalue weighted by atomic mass is 10.3. The average molecular weight is 128 g/mol. The quantitative estimate of drug-likeness (QED) is 0.393. The van der Waals surface area contributed by atoms with Gasteiger partial charge in [0.05, 0.1) is 12.1 Å². The van der Waals surface area contributed by atoms with E-state index in [2.05, 4.69) is 0 Å². The van der Waals surface area contributed by atoms with Crippen LogP contribution < -0.4 is 10.8 Å². The Kier molecular flexibility index (Phi) is 1.50. The highest BCUT2D eigenvalue weighted by Crippen LogP contribution is 1.90. The zero-order valence-corrected chi connectivity index (χ0v) is 4.89. The Morgan fingerprint density at radius 2 is 2.56 bits per heavy atom. The van der Waals surface area contributed by atoms with Crippen molar-refractivity contribution in [3.8, 4) is 0 Å². The van der Waals surface area contributed by atoms with E-state index in [0.717, 1.165) is 0 Å². The average Bonchev–Trinajstić information content (AvgIpc) is 2.14. The van der Waals surface area contributed by atoms with Crippen molar-refractivity contribution < 1.29 is 9.86 Å². The minimum Gasteiger partial charge on any atom is -0.634 e. The van der Waals surface area contributed by atoms with E-state index in [1.54, 1.807) is 6.08 Å². The fourth-order valence-corrected chi connectivity index (χ4v) is 0.782. The Morgan fingerprint density at radius 1 is 1.89 bits per heavy atom. The van der Waals surface area contributed by atoms with Gasteiger partial charge >= 0.3 is 0 Å². The summed E-state index contributed by atoms with van der Waals surface area (Å²) in [6.07, 6.45) is 1.59. The predicted octanol–water partition coefficient (Wildman–Crippen LogP) is -2.21. The Morgan fingerprint density at radius 3 is 2.78 bits per heavy atom. The first-order valence-electron chi connectivity index (χ1n) is 2.70. The standard InChI is InChI=1S/C5H8N2O2/c6-5(8)4-1-2-7(9)3-4/h1,7H,2-3H2,(H2,6,8). The Hall–Kier alpha value is -0.870. The molecule has 0 aromatic heterocycles. The predicted molar refractivity (Wildman–Crippen MR) is 31.3 cm³/mol. The van der Waals surface area contributed by atoms with Gasteiger partial charge in [-0.3, -0.25) is 4.79 Å². The molecule has 0 aliphatic carbocycles. The summed E-state index contributed by atoms with van der Waals surface area (Å²) < 4.78 is 0. The highest BCUT2D eigenvalue weighted by Gasteiger charge is 2.14. The molecule has 0 aromatic rings. The van der Waals surface area contributed by atoms with E-state index in [1.807, 2.05) is 0 Å². The first-order valence-corrected chi connectivity index (χ1v) is 2.70. The van der Waals surface area contributed by atoms with Crippen LogP contribution in [0.4, 0.5) is 0 Å². The SMILES string of the molecule is NC(=O)C1=CC[NH+]([O-])C1. The molecule has 0 fully saturated rings. The van der Waals surface area contributed by atoms with E-state index in [4.69, 9.17) is 5.73 Å². The van der Waals surface area contributed by atoms with Crippen LogP contribution in [-0.2, 0) is 4.79 Å². The Labute approximate surface area is 52.5 Å². The molecule has 0 saturated heterocycles. The number of hydrogen-bond acceptors (Lipinski definition) is 2. The summed E-state index contributed by atoms with van der Waals surface area (Å²) in [6.45, 7) is 0.605. The molecule has 4 heteroatoms. The number of hydroxylamine groups is 2. The third kappa shape index (κ3) is 1.28. The van der Waals surface area contributed by atoms with Gasteiger partial charge in [-0.05, 0) is 6.08 Å². The molecular weight excluding hydrogens is 120 g/mol. The van der Waals surface area contributed by atoms with Crippen molar-refractivity contribution in [2.24, 2.45) is 5.73 Å². The Bertz CT molecular complexity index is 164. The highest BCUT2D eigenvalue weighted by molar-refractivity contribution is 5.92. The molecule has 0 spiro atoms. The monoisotopic (exact) mass is 128 g/mol. The fraction of sp³-hybridized carbons (Fsp3) is 0.400. The summed E-state index contributed by atoms with van der Waals surface area (Å²) in [7, 11) is 0. The number of carbonyl (C=O) groups is 1. The number of rotatable bonds is 1. The molecule has 4 nitrogen and oxygen atoms in total. The molecule has 9 heavy (non-hydrogen) atoms. The fourth-order valence-electron chi connectivity index (χ4n) is 0.782. The first-order chi connectivity index (χ1) is 4.20. The van der Waals surface area contributed by atoms with E-state index >= 15 is 0 Å². The van der Waals surface area contributed by atoms with Crippen LogP contribution in [0.3, 0.4) is 0 Å². The van der Waals surface area contributed by atoms with Gasteiger partial charge in [0.15, 0.2) is 0 Å². The summed E-state index contributed by atoms with van der Waals surface area (Å²) in [4.78, 5) is 10.3. The molecule has 1 heterocycles. The number of carbonyl (C=O) groups excluding carboxylic acids is 1. The van der Waals surface area contributed by atoms with Crippen LogP contribution in [0.25, 0.3) is 0 Å². The maximum atomic E-state index is 10.5. The minimum absolute atomic E-state index is 0.0730. The summed E-state index contributed by atoms with van der Waals surface area (Å²) in [5.74, 6) is -0.471. The Balaban J connectivity index is 2.55. The molecule has 0 radical (unpaired) electrons. The molecule has 1 atom stereocenters. The van der Waals surface area contributed by atoms with Crippen LogP contribution in [0.1, 0.15) is 0 Å². The number of quaternary nitrogens is 1. The molecule has 1 rings (SSSR count). The second-order valence-corrected chi connectivity index (χ2v) is 2.01. The van der Waals surface area contributed by atoms with Crippen molar-refractivity contribution in [1.29, 1.82) is 0 Å². The van der Waals surface area contributed by atoms with Crippen LogP contribution in [-0.4, -0.2) is 19.0 Å². The maximum absolute atomic E-state index is 10.5. The van der Waals surface area contributed by atoms with Crippen molar-refractivity contribution in [2.75, 3.05) is 13.1 Å². The topological polar surface area (TPSA) is 70.6 Å². The zero-order chi connectivity index (χ0) is 6.85. The van der Waals surface area contributed by atoms with E-state index in [9.17, 15) is 10.0 Å². The molecular formula is C5H8N2O2. The van der Waals surface area contributed by atoms with Crippen molar-refractivity contribution in [3.63, 3.8) is 0 Å². The molecule has 1 aliphatic heterocycles. The lowest BCUT2D eigenvalue weighted by Crippen LogP contribution is -3.05. The van der Waals surface area contributed by atoms with Gasteiger partial charge in [0.25, 0.3) is 0 Å². The van der Waals surface area contributed by atoms with Crippen LogP contribution in [0.2, 0.25) is 0 Å². The molecule has 0 aromatic carbocycles. The van der Waals surface area contributed by atoms with Crippen molar-refractivity contribution in [2.45, 2.75) is 0 Å². The van der Waals surface area contributed by atoms with E-state index in [-0.39, 0.29) is 11.6 Å². The van der Waals surface area contributed by atoms with Crippen LogP contribution in [0, 0.1) is 5.21 Å². The lowest BCUT2D eigenvalue weighted by Gasteiger charge is -2.13. The van der Waals surface area contributed by atoms with Gasteiger partial charge in [-0.15, -0.1) is 0 Å². The lowest BCUT2D eigenvalue weighted by molar-refractivity contribution is -0.829. The van der Waals surface area contributed by atoms with Gasteiger partial charge in [-0.25, -0.2) is 0 Å². The van der Waals surface area contributed by atoms with E-state index < -0.39 is 5.91 Å². The molecule has 1 aliphatic rings. The molecule has 50 valence electrons. The van der Waals surface area contributed by atoms with Crippen molar-refractivity contribution >= 4 is 5.91 Å². The van der Waals surface area contributed by atoms with Gasteiger partial charge < -0.3 is 16.0 Å². The minimum atomic E-state index is -0.471. The number of nitrogens with one attached hydrogen (secondary N) is 1. The molecule has 0 saturated carbocycles. The summed E-state index contributed by atoms with van der Waals surface area (Å²) >= 11 is 0. The second kappa shape index (κ2) is 2.16. The number of hydrogen-bond donors (Lipinski definition) is 2. The van der Waals surface area contributed by atoms with Crippen molar-refractivity contribution in [1.82, 2.24) is 0 Å². The van der Waals surface area contributed by atoms with Gasteiger partial charge in [0.2, 0.25) is 5.91 Å². The van der Waals surface area contributed by atoms with E-state index in [0.29, 0.717) is 12.1 Å². The van der Waals surface area contributed by atoms with Gasteiger partial charge in [0.1, 0.15) is 6.54 Å². The maximum Gasteiger partial charge on any atom is 0.250 e. The third-order valence-corrected chi connectivity index (χ3v) is 1.28. The van der Waals surface area contributed by atoms with E-state index in [1.165, 1.54) is 0 Å². The van der Waals surface area contributed by atoms with Crippen molar-refractivity contribution in [3.05, 3.63) is 16.9 Å². The van der Waals surface area contributed by atoms with Gasteiger partial charge in [-0.1, -0.05) is 0 Å². The molecule has 1 unspecified atom stereocenters. The smallest absolute Gasteiger partial charge is 0.250 e. The number of primary amides is 1. The van der Waals surface area contributed by atoms with Crippen LogP contribution >= 0.6 is 0 Å². The summed E-state index contributed by atoms with van der Waals surface area (Å²) in [6, 6.07) is 0. The summed E-state index contributed by atoms with van der Waals surface area (Å²) in [5.41, 5.74) is 5.36. The van der Waals surface area contributed by atoms with Gasteiger partial charge in [-0.2, -0.15) is 0 Å². The van der Waals surface area contributed by atoms with Crippen LogP contribution in [0.15, 0.2) is 11.6 Å². The summed E-state index contributed by atoms with van der Waals surface area (Å²) in [5, 5.41) is 10.6.